The number of urea groups is 1. The van der Waals surface area contributed by atoms with Crippen molar-refractivity contribution in [2.75, 3.05) is 13.1 Å². The minimum atomic E-state index is -1.02. The van der Waals surface area contributed by atoms with Crippen molar-refractivity contribution in [3.63, 3.8) is 0 Å². The summed E-state index contributed by atoms with van der Waals surface area (Å²) in [7, 11) is 0. The van der Waals surface area contributed by atoms with Crippen LogP contribution >= 0.6 is 0 Å². The normalized spacial score (nSPS) is 14.9. The van der Waals surface area contributed by atoms with E-state index in [4.69, 9.17) is 0 Å². The topological polar surface area (TPSA) is 86.8 Å². The van der Waals surface area contributed by atoms with Crippen LogP contribution in [0.15, 0.2) is 67.3 Å². The van der Waals surface area contributed by atoms with Crippen LogP contribution in [0.1, 0.15) is 22.7 Å². The molecule has 0 saturated carbocycles. The number of carbonyl (C=O) groups excluding carboxylic acids is 4. The second-order valence-electron chi connectivity index (χ2n) is 6.70. The maximum absolute atomic E-state index is 12.7. The number of carbonyl (C=O) groups is 4. The number of imide groups is 2. The monoisotopic (exact) mass is 391 g/mol. The highest BCUT2D eigenvalue weighted by atomic mass is 16.2. The van der Waals surface area contributed by atoms with Crippen molar-refractivity contribution in [3.8, 4) is 0 Å². The zero-order valence-corrected chi connectivity index (χ0v) is 16.0. The number of aryl methyl sites for hydroxylation is 1. The predicted octanol–water partition coefficient (Wildman–Crippen LogP) is 2.18. The smallest absolute Gasteiger partial charge is 0.335 e. The minimum Gasteiger partial charge on any atom is -0.344 e. The number of nitrogens with one attached hydrogen (secondary N) is 1. The van der Waals surface area contributed by atoms with Crippen molar-refractivity contribution in [2.24, 2.45) is 0 Å². The molecule has 1 atom stereocenters. The largest absolute Gasteiger partial charge is 0.344 e. The molecule has 0 unspecified atom stereocenters. The SMILES string of the molecule is C=CCN1C(=O)C(=O)N(CC(=O)N[C@H](c2ccccc2)c2ccc(C)cc2)C1=O. The highest BCUT2D eigenvalue weighted by molar-refractivity contribution is 6.45. The molecule has 7 heteroatoms. The van der Waals surface area contributed by atoms with Crippen LogP contribution in [-0.4, -0.2) is 46.6 Å². The van der Waals surface area contributed by atoms with E-state index in [9.17, 15) is 19.2 Å². The van der Waals surface area contributed by atoms with E-state index in [-0.39, 0.29) is 6.54 Å². The van der Waals surface area contributed by atoms with Crippen molar-refractivity contribution in [1.29, 1.82) is 0 Å². The third kappa shape index (κ3) is 4.24. The fraction of sp³-hybridized carbons (Fsp3) is 0.182. The maximum Gasteiger partial charge on any atom is 0.335 e. The minimum absolute atomic E-state index is 0.0858. The van der Waals surface area contributed by atoms with Gasteiger partial charge in [-0.3, -0.25) is 19.3 Å². The molecule has 29 heavy (non-hydrogen) atoms. The van der Waals surface area contributed by atoms with Crippen LogP contribution in [0.4, 0.5) is 4.79 Å². The number of benzene rings is 2. The number of amides is 5. The molecule has 1 fully saturated rings. The van der Waals surface area contributed by atoms with Gasteiger partial charge in [0.1, 0.15) is 6.54 Å². The van der Waals surface area contributed by atoms with E-state index >= 15 is 0 Å². The Morgan fingerprint density at radius 2 is 1.55 bits per heavy atom. The molecule has 2 aromatic carbocycles. The van der Waals surface area contributed by atoms with Crippen LogP contribution in [0.3, 0.4) is 0 Å². The molecule has 2 aromatic rings. The van der Waals surface area contributed by atoms with Crippen LogP contribution in [0.5, 0.6) is 0 Å². The van der Waals surface area contributed by atoms with Gasteiger partial charge in [-0.15, -0.1) is 6.58 Å². The highest BCUT2D eigenvalue weighted by Crippen LogP contribution is 2.22. The summed E-state index contributed by atoms with van der Waals surface area (Å²) in [5.74, 6) is -2.52. The summed E-state index contributed by atoms with van der Waals surface area (Å²) in [5, 5.41) is 2.86. The van der Waals surface area contributed by atoms with Gasteiger partial charge in [0.15, 0.2) is 0 Å². The third-order valence-electron chi connectivity index (χ3n) is 4.60. The van der Waals surface area contributed by atoms with Crippen LogP contribution in [-0.2, 0) is 14.4 Å². The van der Waals surface area contributed by atoms with Gasteiger partial charge in [-0.1, -0.05) is 66.2 Å². The van der Waals surface area contributed by atoms with E-state index in [1.807, 2.05) is 61.5 Å². The third-order valence-corrected chi connectivity index (χ3v) is 4.60. The number of hydrogen-bond donors (Lipinski definition) is 1. The predicted molar refractivity (Wildman–Crippen MR) is 107 cm³/mol. The Balaban J connectivity index is 1.79. The molecule has 0 aromatic heterocycles. The highest BCUT2D eigenvalue weighted by Gasteiger charge is 2.44. The van der Waals surface area contributed by atoms with E-state index < -0.39 is 36.3 Å². The van der Waals surface area contributed by atoms with Crippen molar-refractivity contribution < 1.29 is 19.2 Å². The van der Waals surface area contributed by atoms with Gasteiger partial charge in [-0.2, -0.15) is 0 Å². The molecule has 5 amide bonds. The quantitative estimate of drug-likeness (QED) is 0.445. The second kappa shape index (κ2) is 8.52. The first-order valence-electron chi connectivity index (χ1n) is 9.11. The Kier molecular flexibility index (Phi) is 5.87. The van der Waals surface area contributed by atoms with Crippen molar-refractivity contribution in [1.82, 2.24) is 15.1 Å². The van der Waals surface area contributed by atoms with Crippen molar-refractivity contribution in [2.45, 2.75) is 13.0 Å². The van der Waals surface area contributed by atoms with Gasteiger partial charge in [-0.25, -0.2) is 9.69 Å². The van der Waals surface area contributed by atoms with Crippen LogP contribution in [0, 0.1) is 6.92 Å². The van der Waals surface area contributed by atoms with E-state index in [2.05, 4.69) is 11.9 Å². The second-order valence-corrected chi connectivity index (χ2v) is 6.70. The fourth-order valence-corrected chi connectivity index (χ4v) is 3.09. The van der Waals surface area contributed by atoms with E-state index in [1.165, 1.54) is 6.08 Å². The summed E-state index contributed by atoms with van der Waals surface area (Å²) < 4.78 is 0. The van der Waals surface area contributed by atoms with Gasteiger partial charge in [0.25, 0.3) is 0 Å². The van der Waals surface area contributed by atoms with E-state index in [0.717, 1.165) is 21.6 Å². The molecule has 148 valence electrons. The first-order chi connectivity index (χ1) is 13.9. The lowest BCUT2D eigenvalue weighted by atomic mass is 9.98. The van der Waals surface area contributed by atoms with Gasteiger partial charge >= 0.3 is 17.8 Å². The first kappa shape index (κ1) is 20.0. The lowest BCUT2D eigenvalue weighted by molar-refractivity contribution is -0.143. The summed E-state index contributed by atoms with van der Waals surface area (Å²) in [6.07, 6.45) is 1.34. The van der Waals surface area contributed by atoms with Crippen LogP contribution < -0.4 is 5.32 Å². The van der Waals surface area contributed by atoms with Crippen LogP contribution in [0.2, 0.25) is 0 Å². The lowest BCUT2D eigenvalue weighted by Crippen LogP contribution is -2.42. The molecule has 0 aliphatic carbocycles. The standard InChI is InChI=1S/C22H21N3O4/c1-3-13-24-20(27)21(28)25(22(24)29)14-18(26)23-19(16-7-5-4-6-8-16)17-11-9-15(2)10-12-17/h3-12,19H,1,13-14H2,2H3,(H,23,26)/t19-/m1/s1. The number of rotatable bonds is 7. The summed E-state index contributed by atoms with van der Waals surface area (Å²) in [4.78, 5) is 50.4. The first-order valence-corrected chi connectivity index (χ1v) is 9.11. The number of hydrogen-bond acceptors (Lipinski definition) is 4. The number of nitrogens with zero attached hydrogens (tertiary/aromatic N) is 2. The van der Waals surface area contributed by atoms with Gasteiger partial charge in [0.2, 0.25) is 5.91 Å². The van der Waals surface area contributed by atoms with Crippen molar-refractivity contribution >= 4 is 23.8 Å². The summed E-state index contributed by atoms with van der Waals surface area (Å²) >= 11 is 0. The molecule has 7 nitrogen and oxygen atoms in total. The molecular weight excluding hydrogens is 370 g/mol. The summed E-state index contributed by atoms with van der Waals surface area (Å²) in [6, 6.07) is 15.8. The fourth-order valence-electron chi connectivity index (χ4n) is 3.09. The summed E-state index contributed by atoms with van der Waals surface area (Å²) in [6.45, 7) is 4.81. The van der Waals surface area contributed by atoms with Gasteiger partial charge in [0.05, 0.1) is 6.04 Å². The van der Waals surface area contributed by atoms with Gasteiger partial charge < -0.3 is 5.32 Å². The molecule has 0 bridgehead atoms. The Hall–Kier alpha value is -3.74. The molecule has 0 spiro atoms. The van der Waals surface area contributed by atoms with Crippen molar-refractivity contribution in [3.05, 3.63) is 83.9 Å². The van der Waals surface area contributed by atoms with E-state index in [0.29, 0.717) is 4.90 Å². The Morgan fingerprint density at radius 3 is 2.17 bits per heavy atom. The maximum atomic E-state index is 12.7. The summed E-state index contributed by atoms with van der Waals surface area (Å²) in [5.41, 5.74) is 2.80. The average molecular weight is 391 g/mol. The van der Waals surface area contributed by atoms with E-state index in [1.54, 1.807) is 0 Å². The zero-order chi connectivity index (χ0) is 21.0. The Bertz CT molecular complexity index is 954. The molecular formula is C22H21N3O4. The molecule has 1 aliphatic rings. The molecule has 1 heterocycles. The molecule has 0 radical (unpaired) electrons. The molecule has 1 N–H and O–H groups in total. The average Bonchev–Trinajstić information content (AvgIpc) is 2.92. The zero-order valence-electron chi connectivity index (χ0n) is 16.0. The van der Waals surface area contributed by atoms with Gasteiger partial charge in [-0.05, 0) is 18.1 Å². The molecule has 1 saturated heterocycles. The van der Waals surface area contributed by atoms with Crippen LogP contribution in [0.25, 0.3) is 0 Å². The van der Waals surface area contributed by atoms with Gasteiger partial charge in [0, 0.05) is 6.54 Å². The molecule has 1 aliphatic heterocycles. The lowest BCUT2D eigenvalue weighted by Gasteiger charge is -2.21. The Morgan fingerprint density at radius 1 is 0.966 bits per heavy atom. The molecule has 3 rings (SSSR count). The Labute approximate surface area is 168 Å².